The molecule has 2 rings (SSSR count). The number of hydrogen-bond donors (Lipinski definition) is 1. The van der Waals surface area contributed by atoms with E-state index in [0.717, 1.165) is 16.7 Å². The fourth-order valence-electron chi connectivity index (χ4n) is 2.19. The Morgan fingerprint density at radius 1 is 0.947 bits per heavy atom. The summed E-state index contributed by atoms with van der Waals surface area (Å²) in [7, 11) is 0. The molecule has 0 saturated carbocycles. The molecular formula is C17H19FO. The molecule has 0 aliphatic rings. The summed E-state index contributed by atoms with van der Waals surface area (Å²) >= 11 is 0. The van der Waals surface area contributed by atoms with Gasteiger partial charge in [-0.15, -0.1) is 0 Å². The highest BCUT2D eigenvalue weighted by Gasteiger charge is 2.11. The molecule has 1 nitrogen and oxygen atoms in total. The van der Waals surface area contributed by atoms with Crippen LogP contribution in [0.25, 0.3) is 0 Å². The molecule has 0 fully saturated rings. The Morgan fingerprint density at radius 2 is 1.68 bits per heavy atom. The lowest BCUT2D eigenvalue weighted by Crippen LogP contribution is -2.04. The molecule has 0 heterocycles. The van der Waals surface area contributed by atoms with Crippen molar-refractivity contribution in [3.63, 3.8) is 0 Å². The Bertz CT molecular complexity index is 590. The number of aryl methyl sites for hydroxylation is 3. The summed E-state index contributed by atoms with van der Waals surface area (Å²) in [6, 6.07) is 10.7. The zero-order valence-corrected chi connectivity index (χ0v) is 11.6. The zero-order chi connectivity index (χ0) is 14.0. The molecule has 1 atom stereocenters. The first-order valence-corrected chi connectivity index (χ1v) is 6.47. The van der Waals surface area contributed by atoms with Crippen molar-refractivity contribution in [2.45, 2.75) is 33.3 Å². The van der Waals surface area contributed by atoms with Gasteiger partial charge < -0.3 is 5.11 Å². The van der Waals surface area contributed by atoms with Gasteiger partial charge in [-0.1, -0.05) is 24.3 Å². The summed E-state index contributed by atoms with van der Waals surface area (Å²) in [5.74, 6) is -0.234. The van der Waals surface area contributed by atoms with Crippen LogP contribution in [0.5, 0.6) is 0 Å². The van der Waals surface area contributed by atoms with Crippen LogP contribution in [0.3, 0.4) is 0 Å². The van der Waals surface area contributed by atoms with Crippen LogP contribution in [0.2, 0.25) is 0 Å². The van der Waals surface area contributed by atoms with Crippen LogP contribution in [0.15, 0.2) is 36.4 Å². The van der Waals surface area contributed by atoms with Gasteiger partial charge >= 0.3 is 0 Å². The van der Waals surface area contributed by atoms with E-state index in [1.807, 2.05) is 32.0 Å². The fraction of sp³-hybridized carbons (Fsp3) is 0.294. The Kier molecular flexibility index (Phi) is 4.01. The van der Waals surface area contributed by atoms with E-state index in [0.29, 0.717) is 6.42 Å². The van der Waals surface area contributed by atoms with Gasteiger partial charge in [-0.2, -0.15) is 0 Å². The molecule has 0 saturated heterocycles. The monoisotopic (exact) mass is 258 g/mol. The summed E-state index contributed by atoms with van der Waals surface area (Å²) in [5, 5.41) is 10.3. The van der Waals surface area contributed by atoms with Gasteiger partial charge in [0.2, 0.25) is 0 Å². The van der Waals surface area contributed by atoms with E-state index in [9.17, 15) is 9.50 Å². The Morgan fingerprint density at radius 3 is 2.32 bits per heavy atom. The summed E-state index contributed by atoms with van der Waals surface area (Å²) in [5.41, 5.74) is 5.16. The van der Waals surface area contributed by atoms with E-state index in [2.05, 4.69) is 6.92 Å². The number of aliphatic hydroxyl groups is 1. The maximum absolute atomic E-state index is 13.0. The van der Waals surface area contributed by atoms with Gasteiger partial charge in [0.25, 0.3) is 0 Å². The number of rotatable bonds is 3. The second kappa shape index (κ2) is 5.54. The molecule has 2 heteroatoms. The number of aliphatic hydroxyl groups excluding tert-OH is 1. The maximum atomic E-state index is 13.0. The molecule has 0 spiro atoms. The topological polar surface area (TPSA) is 20.2 Å². The SMILES string of the molecule is Cc1ccc(C(O)Cc2ccc(F)cc2C)cc1C. The minimum atomic E-state index is -0.552. The molecule has 0 aliphatic carbocycles. The van der Waals surface area contributed by atoms with Gasteiger partial charge in [0.15, 0.2) is 0 Å². The predicted molar refractivity (Wildman–Crippen MR) is 75.7 cm³/mol. The summed E-state index contributed by atoms with van der Waals surface area (Å²) in [6.45, 7) is 5.95. The molecule has 100 valence electrons. The van der Waals surface area contributed by atoms with Crippen LogP contribution in [0.4, 0.5) is 4.39 Å². The largest absolute Gasteiger partial charge is 0.388 e. The first-order chi connectivity index (χ1) is 8.97. The van der Waals surface area contributed by atoms with Crippen molar-refractivity contribution >= 4 is 0 Å². The molecular weight excluding hydrogens is 239 g/mol. The van der Waals surface area contributed by atoms with Gasteiger partial charge in [-0.05, 0) is 60.7 Å². The van der Waals surface area contributed by atoms with E-state index in [4.69, 9.17) is 0 Å². The number of benzene rings is 2. The highest BCUT2D eigenvalue weighted by atomic mass is 19.1. The average molecular weight is 258 g/mol. The quantitative estimate of drug-likeness (QED) is 0.881. The van der Waals surface area contributed by atoms with Crippen LogP contribution in [-0.4, -0.2) is 5.11 Å². The van der Waals surface area contributed by atoms with Gasteiger partial charge in [-0.25, -0.2) is 4.39 Å². The van der Waals surface area contributed by atoms with Crippen molar-refractivity contribution in [2.24, 2.45) is 0 Å². The molecule has 0 radical (unpaired) electrons. The van der Waals surface area contributed by atoms with Crippen LogP contribution in [0, 0.1) is 26.6 Å². The van der Waals surface area contributed by atoms with Crippen molar-refractivity contribution in [2.75, 3.05) is 0 Å². The van der Waals surface area contributed by atoms with E-state index in [1.165, 1.54) is 23.3 Å². The third-order valence-electron chi connectivity index (χ3n) is 3.63. The van der Waals surface area contributed by atoms with Crippen molar-refractivity contribution < 1.29 is 9.50 Å². The smallest absolute Gasteiger partial charge is 0.123 e. The third kappa shape index (κ3) is 3.21. The van der Waals surface area contributed by atoms with Crippen LogP contribution in [-0.2, 0) is 6.42 Å². The Balaban J connectivity index is 2.20. The minimum absolute atomic E-state index is 0.234. The molecule has 0 aliphatic heterocycles. The van der Waals surface area contributed by atoms with Crippen LogP contribution >= 0.6 is 0 Å². The van der Waals surface area contributed by atoms with E-state index >= 15 is 0 Å². The molecule has 19 heavy (non-hydrogen) atoms. The second-order valence-corrected chi connectivity index (χ2v) is 5.13. The van der Waals surface area contributed by atoms with Gasteiger partial charge in [0.1, 0.15) is 5.82 Å². The second-order valence-electron chi connectivity index (χ2n) is 5.13. The molecule has 2 aromatic rings. The van der Waals surface area contributed by atoms with Crippen molar-refractivity contribution in [1.29, 1.82) is 0 Å². The van der Waals surface area contributed by atoms with Gasteiger partial charge in [0, 0.05) is 6.42 Å². The average Bonchev–Trinajstić information content (AvgIpc) is 2.36. The lowest BCUT2D eigenvalue weighted by Gasteiger charge is -2.14. The first kappa shape index (κ1) is 13.8. The van der Waals surface area contributed by atoms with Crippen LogP contribution < -0.4 is 0 Å². The standard InChI is InChI=1S/C17H19FO/c1-11-4-5-15(8-12(11)2)17(19)10-14-6-7-16(18)9-13(14)3/h4-9,17,19H,10H2,1-3H3. The van der Waals surface area contributed by atoms with Gasteiger partial charge in [-0.3, -0.25) is 0 Å². The summed E-state index contributed by atoms with van der Waals surface area (Å²) < 4.78 is 13.0. The molecule has 2 aromatic carbocycles. The van der Waals surface area contributed by atoms with Crippen molar-refractivity contribution in [3.8, 4) is 0 Å². The lowest BCUT2D eigenvalue weighted by atomic mass is 9.96. The first-order valence-electron chi connectivity index (χ1n) is 6.47. The highest BCUT2D eigenvalue weighted by Crippen LogP contribution is 2.22. The molecule has 0 aromatic heterocycles. The van der Waals surface area contributed by atoms with E-state index in [-0.39, 0.29) is 5.82 Å². The fourth-order valence-corrected chi connectivity index (χ4v) is 2.19. The summed E-state index contributed by atoms with van der Waals surface area (Å²) in [6.07, 6.45) is -0.0438. The van der Waals surface area contributed by atoms with Crippen molar-refractivity contribution in [3.05, 3.63) is 70.0 Å². The molecule has 0 amide bonds. The minimum Gasteiger partial charge on any atom is -0.388 e. The Labute approximate surface area is 113 Å². The predicted octanol–water partition coefficient (Wildman–Crippen LogP) is 4.03. The molecule has 1 unspecified atom stereocenters. The summed E-state index contributed by atoms with van der Waals surface area (Å²) in [4.78, 5) is 0. The number of hydrogen-bond acceptors (Lipinski definition) is 1. The number of halogens is 1. The maximum Gasteiger partial charge on any atom is 0.123 e. The Hall–Kier alpha value is -1.67. The van der Waals surface area contributed by atoms with Crippen molar-refractivity contribution in [1.82, 2.24) is 0 Å². The molecule has 1 N–H and O–H groups in total. The molecule has 0 bridgehead atoms. The van der Waals surface area contributed by atoms with E-state index < -0.39 is 6.10 Å². The van der Waals surface area contributed by atoms with E-state index in [1.54, 1.807) is 6.07 Å². The van der Waals surface area contributed by atoms with Gasteiger partial charge in [0.05, 0.1) is 6.10 Å². The highest BCUT2D eigenvalue weighted by molar-refractivity contribution is 5.33. The zero-order valence-electron chi connectivity index (χ0n) is 11.6. The third-order valence-corrected chi connectivity index (χ3v) is 3.63. The normalized spacial score (nSPS) is 12.5. The van der Waals surface area contributed by atoms with Crippen LogP contribution in [0.1, 0.15) is 33.9 Å². The lowest BCUT2D eigenvalue weighted by molar-refractivity contribution is 0.178.